The number of rotatable bonds is 5. The van der Waals surface area contributed by atoms with Crippen LogP contribution in [0, 0.1) is 0 Å². The van der Waals surface area contributed by atoms with Crippen LogP contribution in [0.25, 0.3) is 5.69 Å². The van der Waals surface area contributed by atoms with Gasteiger partial charge in [0.1, 0.15) is 0 Å². The Bertz CT molecular complexity index is 922. The Labute approximate surface area is 144 Å². The van der Waals surface area contributed by atoms with E-state index in [4.69, 9.17) is 4.74 Å². The van der Waals surface area contributed by atoms with Crippen molar-refractivity contribution in [3.05, 3.63) is 82.8 Å². The Morgan fingerprint density at radius 3 is 2.36 bits per heavy atom. The van der Waals surface area contributed by atoms with Crippen molar-refractivity contribution < 1.29 is 9.53 Å². The lowest BCUT2D eigenvalue weighted by molar-refractivity contribution is 0.0518. The molecule has 1 aromatic heterocycles. The smallest absolute Gasteiger partial charge is 0.360 e. The van der Waals surface area contributed by atoms with Crippen LogP contribution in [-0.4, -0.2) is 22.4 Å². The van der Waals surface area contributed by atoms with Gasteiger partial charge in [-0.3, -0.25) is 4.79 Å². The van der Waals surface area contributed by atoms with Crippen molar-refractivity contribution in [3.63, 3.8) is 0 Å². The zero-order chi connectivity index (χ0) is 17.6. The Hall–Kier alpha value is -3.41. The van der Waals surface area contributed by atoms with Gasteiger partial charge in [-0.15, -0.1) is 0 Å². The van der Waals surface area contributed by atoms with Crippen LogP contribution in [0.15, 0.2) is 71.5 Å². The van der Waals surface area contributed by atoms with E-state index < -0.39 is 5.97 Å². The van der Waals surface area contributed by atoms with E-state index in [1.54, 1.807) is 31.2 Å². The maximum absolute atomic E-state index is 12.5. The van der Waals surface area contributed by atoms with Gasteiger partial charge in [-0.1, -0.05) is 36.4 Å². The van der Waals surface area contributed by atoms with Crippen LogP contribution < -0.4 is 10.9 Å². The highest BCUT2D eigenvalue weighted by atomic mass is 16.5. The molecule has 0 aliphatic carbocycles. The molecule has 2 aromatic carbocycles. The Morgan fingerprint density at radius 1 is 1.08 bits per heavy atom. The predicted molar refractivity (Wildman–Crippen MR) is 95.5 cm³/mol. The molecular weight excluding hydrogens is 318 g/mol. The van der Waals surface area contributed by atoms with Gasteiger partial charge in [-0.25, -0.2) is 4.79 Å². The average molecular weight is 335 g/mol. The molecule has 25 heavy (non-hydrogen) atoms. The zero-order valence-electron chi connectivity index (χ0n) is 13.7. The van der Waals surface area contributed by atoms with Crippen LogP contribution >= 0.6 is 0 Å². The highest BCUT2D eigenvalue weighted by molar-refractivity contribution is 5.94. The highest BCUT2D eigenvalue weighted by Crippen LogP contribution is 2.19. The minimum atomic E-state index is -0.592. The molecule has 0 fully saturated rings. The summed E-state index contributed by atoms with van der Waals surface area (Å²) in [6.45, 7) is 1.94. The van der Waals surface area contributed by atoms with Crippen LogP contribution in [0.2, 0.25) is 0 Å². The van der Waals surface area contributed by atoms with Gasteiger partial charge >= 0.3 is 5.97 Å². The SMILES string of the molecule is CCOC(=O)c1nn(-c2ccccc2)c(=O)cc1Nc1ccccc1. The third kappa shape index (κ3) is 3.74. The largest absolute Gasteiger partial charge is 0.461 e. The van der Waals surface area contributed by atoms with Crippen molar-refractivity contribution in [2.75, 3.05) is 11.9 Å². The Kier molecular flexibility index (Phi) is 4.89. The summed E-state index contributed by atoms with van der Waals surface area (Å²) in [5.74, 6) is -0.592. The average Bonchev–Trinajstić information content (AvgIpc) is 2.63. The molecule has 6 nitrogen and oxygen atoms in total. The number of ether oxygens (including phenoxy) is 1. The van der Waals surface area contributed by atoms with E-state index in [1.807, 2.05) is 36.4 Å². The van der Waals surface area contributed by atoms with Crippen LogP contribution in [0.1, 0.15) is 17.4 Å². The number of carbonyl (C=O) groups excluding carboxylic acids is 1. The lowest BCUT2D eigenvalue weighted by Crippen LogP contribution is -2.25. The molecule has 3 aromatic rings. The van der Waals surface area contributed by atoms with Crippen molar-refractivity contribution >= 4 is 17.3 Å². The molecule has 0 amide bonds. The number of carbonyl (C=O) groups is 1. The maximum atomic E-state index is 12.5. The minimum absolute atomic E-state index is 0.0501. The molecule has 0 saturated heterocycles. The predicted octanol–water partition coefficient (Wildman–Crippen LogP) is 3.15. The zero-order valence-corrected chi connectivity index (χ0v) is 13.7. The van der Waals surface area contributed by atoms with E-state index in [-0.39, 0.29) is 17.9 Å². The first-order valence-corrected chi connectivity index (χ1v) is 7.88. The number of anilines is 2. The second-order valence-corrected chi connectivity index (χ2v) is 5.20. The van der Waals surface area contributed by atoms with Gasteiger partial charge in [0.05, 0.1) is 18.0 Å². The molecule has 0 bridgehead atoms. The standard InChI is InChI=1S/C19H17N3O3/c1-2-25-19(24)18-16(20-14-9-5-3-6-10-14)13-17(23)22(21-18)15-11-7-4-8-12-15/h3-13,20H,2H2,1H3. The number of aromatic nitrogens is 2. The number of benzene rings is 2. The topological polar surface area (TPSA) is 73.2 Å². The second kappa shape index (κ2) is 7.44. The molecule has 0 saturated carbocycles. The molecule has 0 unspecified atom stereocenters. The summed E-state index contributed by atoms with van der Waals surface area (Å²) in [6.07, 6.45) is 0. The molecule has 126 valence electrons. The molecule has 0 radical (unpaired) electrons. The molecule has 1 N–H and O–H groups in total. The summed E-state index contributed by atoms with van der Waals surface area (Å²) in [5.41, 5.74) is 1.32. The molecule has 1 heterocycles. The quantitative estimate of drug-likeness (QED) is 0.725. The van der Waals surface area contributed by atoms with E-state index in [9.17, 15) is 9.59 Å². The molecule has 0 aliphatic rings. The molecular formula is C19H17N3O3. The van der Waals surface area contributed by atoms with Crippen LogP contribution in [0.5, 0.6) is 0 Å². The van der Waals surface area contributed by atoms with E-state index >= 15 is 0 Å². The number of hydrogen-bond acceptors (Lipinski definition) is 5. The molecule has 0 atom stereocenters. The van der Waals surface area contributed by atoms with Gasteiger partial charge in [0.15, 0.2) is 5.69 Å². The summed E-state index contributed by atoms with van der Waals surface area (Å²) >= 11 is 0. The van der Waals surface area contributed by atoms with Gasteiger partial charge in [0.2, 0.25) is 0 Å². The number of para-hydroxylation sites is 2. The number of hydrogen-bond donors (Lipinski definition) is 1. The minimum Gasteiger partial charge on any atom is -0.461 e. The van der Waals surface area contributed by atoms with Crippen molar-refractivity contribution in [3.8, 4) is 5.69 Å². The fraction of sp³-hybridized carbons (Fsp3) is 0.105. The Morgan fingerprint density at radius 2 is 1.72 bits per heavy atom. The van der Waals surface area contributed by atoms with E-state index in [1.165, 1.54) is 10.7 Å². The van der Waals surface area contributed by atoms with Gasteiger partial charge in [0, 0.05) is 11.8 Å². The summed E-state index contributed by atoms with van der Waals surface area (Å²) in [4.78, 5) is 24.8. The van der Waals surface area contributed by atoms with Crippen molar-refractivity contribution in [1.82, 2.24) is 9.78 Å². The normalized spacial score (nSPS) is 10.3. The first-order valence-electron chi connectivity index (χ1n) is 7.88. The van der Waals surface area contributed by atoms with E-state index in [0.717, 1.165) is 5.69 Å². The number of nitrogens with one attached hydrogen (secondary N) is 1. The van der Waals surface area contributed by atoms with E-state index in [0.29, 0.717) is 11.4 Å². The summed E-state index contributed by atoms with van der Waals surface area (Å²) in [7, 11) is 0. The van der Waals surface area contributed by atoms with Crippen molar-refractivity contribution in [2.24, 2.45) is 0 Å². The molecule has 0 spiro atoms. The van der Waals surface area contributed by atoms with Gasteiger partial charge in [-0.05, 0) is 31.2 Å². The fourth-order valence-corrected chi connectivity index (χ4v) is 2.33. The van der Waals surface area contributed by atoms with Crippen LogP contribution in [-0.2, 0) is 4.74 Å². The Balaban J connectivity index is 2.09. The van der Waals surface area contributed by atoms with Gasteiger partial charge < -0.3 is 10.1 Å². The number of esters is 1. The molecule has 6 heteroatoms. The molecule has 3 rings (SSSR count). The lowest BCUT2D eigenvalue weighted by Gasteiger charge is -2.13. The highest BCUT2D eigenvalue weighted by Gasteiger charge is 2.18. The summed E-state index contributed by atoms with van der Waals surface area (Å²) in [6, 6.07) is 19.5. The van der Waals surface area contributed by atoms with Gasteiger partial charge in [-0.2, -0.15) is 9.78 Å². The third-order valence-electron chi connectivity index (χ3n) is 3.45. The fourth-order valence-electron chi connectivity index (χ4n) is 2.33. The summed E-state index contributed by atoms with van der Waals surface area (Å²) in [5, 5.41) is 7.28. The third-order valence-corrected chi connectivity index (χ3v) is 3.45. The first-order chi connectivity index (χ1) is 12.2. The van der Waals surface area contributed by atoms with Crippen LogP contribution in [0.4, 0.5) is 11.4 Å². The lowest BCUT2D eigenvalue weighted by atomic mass is 10.2. The maximum Gasteiger partial charge on any atom is 0.360 e. The number of nitrogens with zero attached hydrogens (tertiary/aromatic N) is 2. The van der Waals surface area contributed by atoms with E-state index in [2.05, 4.69) is 10.4 Å². The monoisotopic (exact) mass is 335 g/mol. The van der Waals surface area contributed by atoms with Gasteiger partial charge in [0.25, 0.3) is 5.56 Å². The van der Waals surface area contributed by atoms with Crippen LogP contribution in [0.3, 0.4) is 0 Å². The van der Waals surface area contributed by atoms with Crippen molar-refractivity contribution in [1.29, 1.82) is 0 Å². The summed E-state index contributed by atoms with van der Waals surface area (Å²) < 4.78 is 6.26. The first kappa shape index (κ1) is 16.4. The second-order valence-electron chi connectivity index (χ2n) is 5.20. The van der Waals surface area contributed by atoms with Crippen molar-refractivity contribution in [2.45, 2.75) is 6.92 Å². The molecule has 0 aliphatic heterocycles.